The van der Waals surface area contributed by atoms with Gasteiger partial charge in [0.1, 0.15) is 5.70 Å². The van der Waals surface area contributed by atoms with E-state index < -0.39 is 0 Å². The lowest BCUT2D eigenvalue weighted by molar-refractivity contribution is 1.34. The van der Waals surface area contributed by atoms with Gasteiger partial charge in [0.25, 0.3) is 0 Å². The van der Waals surface area contributed by atoms with Crippen molar-refractivity contribution in [3.05, 3.63) is 58.5 Å². The first kappa shape index (κ1) is 7.78. The molecule has 0 bridgehead atoms. The molecule has 0 aromatic heterocycles. The summed E-state index contributed by atoms with van der Waals surface area (Å²) >= 11 is 1.77. The number of para-hydroxylation sites is 1. The molecule has 0 atom stereocenters. The molecule has 3 rings (SSSR count). The van der Waals surface area contributed by atoms with E-state index in [0.717, 1.165) is 11.4 Å². The number of allylic oxidation sites excluding steroid dienone is 2. The molecule has 1 aromatic rings. The molecule has 0 fully saturated rings. The summed E-state index contributed by atoms with van der Waals surface area (Å²) in [6.07, 6.45) is 3.95. The van der Waals surface area contributed by atoms with Crippen LogP contribution < -0.4 is 5.32 Å². The molecule has 2 heteroatoms. The van der Waals surface area contributed by atoms with Gasteiger partial charge < -0.3 is 5.32 Å². The minimum absolute atomic E-state index is 1.02. The molecular formula is C12H7NS. The van der Waals surface area contributed by atoms with Crippen molar-refractivity contribution >= 4 is 17.4 Å². The summed E-state index contributed by atoms with van der Waals surface area (Å²) in [5.41, 5.74) is 8.20. The number of rotatable bonds is 0. The largest absolute Gasteiger partial charge is 0.347 e. The molecule has 14 heavy (non-hydrogen) atoms. The Balaban J connectivity index is 2.17. The van der Waals surface area contributed by atoms with Gasteiger partial charge in [0, 0.05) is 9.80 Å². The van der Waals surface area contributed by atoms with Gasteiger partial charge in [-0.25, -0.2) is 0 Å². The van der Waals surface area contributed by atoms with E-state index in [0.29, 0.717) is 0 Å². The standard InChI is InChI=1S/C12H7NS/c1-3-7-11-9(5-1)13-10-6-2-4-8-12(10)14-11/h1,3-5,7-8,13H. The molecule has 0 unspecified atom stereocenters. The molecule has 0 saturated heterocycles. The Labute approximate surface area is 86.5 Å². The fourth-order valence-corrected chi connectivity index (χ4v) is 2.42. The SMILES string of the molecule is C1=C=C2Nc3ccccc3SC2=CC=1. The van der Waals surface area contributed by atoms with Crippen LogP contribution in [-0.4, -0.2) is 0 Å². The highest BCUT2D eigenvalue weighted by molar-refractivity contribution is 8.03. The Hall–Kier alpha value is -1.59. The third-order valence-electron chi connectivity index (χ3n) is 2.13. The summed E-state index contributed by atoms with van der Waals surface area (Å²) < 4.78 is 0. The van der Waals surface area contributed by atoms with E-state index in [-0.39, 0.29) is 0 Å². The zero-order chi connectivity index (χ0) is 9.38. The van der Waals surface area contributed by atoms with Gasteiger partial charge in [-0.3, -0.25) is 0 Å². The van der Waals surface area contributed by atoms with Crippen molar-refractivity contribution < 1.29 is 0 Å². The molecule has 2 aliphatic rings. The maximum absolute atomic E-state index is 3.33. The van der Waals surface area contributed by atoms with Gasteiger partial charge >= 0.3 is 0 Å². The summed E-state index contributed by atoms with van der Waals surface area (Å²) in [7, 11) is 0. The summed E-state index contributed by atoms with van der Waals surface area (Å²) in [5.74, 6) is 0. The van der Waals surface area contributed by atoms with E-state index in [1.54, 1.807) is 11.8 Å². The Morgan fingerprint density at radius 1 is 1.21 bits per heavy atom. The second-order valence-corrected chi connectivity index (χ2v) is 4.15. The number of benzene rings is 1. The van der Waals surface area contributed by atoms with Crippen LogP contribution in [0.1, 0.15) is 0 Å². The van der Waals surface area contributed by atoms with E-state index >= 15 is 0 Å². The Morgan fingerprint density at radius 3 is 3.14 bits per heavy atom. The van der Waals surface area contributed by atoms with E-state index in [2.05, 4.69) is 41.1 Å². The van der Waals surface area contributed by atoms with Gasteiger partial charge in [0.05, 0.1) is 5.69 Å². The molecule has 1 N–H and O–H groups in total. The average Bonchev–Trinajstić information content (AvgIpc) is 2.26. The van der Waals surface area contributed by atoms with Gasteiger partial charge in [-0.1, -0.05) is 29.6 Å². The topological polar surface area (TPSA) is 12.0 Å². The number of hydrogen-bond donors (Lipinski definition) is 1. The van der Waals surface area contributed by atoms with Crippen molar-refractivity contribution in [2.75, 3.05) is 5.32 Å². The molecule has 66 valence electrons. The van der Waals surface area contributed by atoms with E-state index in [9.17, 15) is 0 Å². The van der Waals surface area contributed by atoms with E-state index in [1.807, 2.05) is 12.1 Å². The molecule has 1 aromatic carbocycles. The summed E-state index contributed by atoms with van der Waals surface area (Å²) in [6.45, 7) is 0. The first-order valence-electron chi connectivity index (χ1n) is 4.40. The van der Waals surface area contributed by atoms with E-state index in [4.69, 9.17) is 0 Å². The molecule has 0 amide bonds. The van der Waals surface area contributed by atoms with Crippen LogP contribution in [0.25, 0.3) is 0 Å². The number of anilines is 1. The second kappa shape index (κ2) is 2.97. The molecule has 1 aliphatic carbocycles. The monoisotopic (exact) mass is 197 g/mol. The van der Waals surface area contributed by atoms with Crippen LogP contribution in [0, 0.1) is 0 Å². The van der Waals surface area contributed by atoms with Crippen LogP contribution in [-0.2, 0) is 0 Å². The highest BCUT2D eigenvalue weighted by Crippen LogP contribution is 2.41. The van der Waals surface area contributed by atoms with Crippen LogP contribution >= 0.6 is 11.8 Å². The number of thioether (sulfide) groups is 1. The lowest BCUT2D eigenvalue weighted by Crippen LogP contribution is -2.06. The molecule has 1 aliphatic heterocycles. The van der Waals surface area contributed by atoms with Gasteiger partial charge in [-0.15, -0.1) is 0 Å². The molecule has 0 saturated carbocycles. The fourth-order valence-electron chi connectivity index (χ4n) is 1.47. The van der Waals surface area contributed by atoms with Crippen LogP contribution in [0.3, 0.4) is 0 Å². The third-order valence-corrected chi connectivity index (χ3v) is 3.26. The summed E-state index contributed by atoms with van der Waals surface area (Å²) in [4.78, 5) is 2.47. The summed E-state index contributed by atoms with van der Waals surface area (Å²) in [6, 6.07) is 8.28. The predicted molar refractivity (Wildman–Crippen MR) is 59.1 cm³/mol. The zero-order valence-electron chi connectivity index (χ0n) is 7.37. The fraction of sp³-hybridized carbons (Fsp3) is 0. The molecular weight excluding hydrogens is 190 g/mol. The quantitative estimate of drug-likeness (QED) is 0.640. The molecule has 0 radical (unpaired) electrons. The Kier molecular flexibility index (Phi) is 1.65. The average molecular weight is 197 g/mol. The lowest BCUT2D eigenvalue weighted by Gasteiger charge is -2.21. The van der Waals surface area contributed by atoms with Crippen LogP contribution in [0.15, 0.2) is 63.4 Å². The third kappa shape index (κ3) is 1.14. The van der Waals surface area contributed by atoms with Gasteiger partial charge in [-0.2, -0.15) is 0 Å². The molecule has 1 nitrogen and oxygen atoms in total. The molecule has 0 spiro atoms. The van der Waals surface area contributed by atoms with Crippen LogP contribution in [0.4, 0.5) is 5.69 Å². The lowest BCUT2D eigenvalue weighted by atomic mass is 10.2. The van der Waals surface area contributed by atoms with Crippen molar-refractivity contribution in [1.29, 1.82) is 0 Å². The first-order chi connectivity index (χ1) is 6.93. The summed E-state index contributed by atoms with van der Waals surface area (Å²) in [5, 5.41) is 3.33. The maximum atomic E-state index is 3.33. The maximum Gasteiger partial charge on any atom is 0.104 e. The number of nitrogens with one attached hydrogen (secondary N) is 1. The Bertz CT molecular complexity index is 527. The van der Waals surface area contributed by atoms with E-state index in [1.165, 1.54) is 9.80 Å². The molecule has 1 heterocycles. The van der Waals surface area contributed by atoms with Gasteiger partial charge in [-0.05, 0) is 30.0 Å². The number of hydrogen-bond acceptors (Lipinski definition) is 2. The Morgan fingerprint density at radius 2 is 2.14 bits per heavy atom. The highest BCUT2D eigenvalue weighted by Gasteiger charge is 2.17. The van der Waals surface area contributed by atoms with Gasteiger partial charge in [0.2, 0.25) is 0 Å². The van der Waals surface area contributed by atoms with Gasteiger partial charge in [0.15, 0.2) is 0 Å². The smallest absolute Gasteiger partial charge is 0.104 e. The minimum atomic E-state index is 1.02. The van der Waals surface area contributed by atoms with Crippen molar-refractivity contribution in [3.63, 3.8) is 0 Å². The first-order valence-corrected chi connectivity index (χ1v) is 5.21. The van der Waals surface area contributed by atoms with Crippen molar-refractivity contribution in [2.45, 2.75) is 4.90 Å². The predicted octanol–water partition coefficient (Wildman–Crippen LogP) is 3.30. The van der Waals surface area contributed by atoms with Crippen molar-refractivity contribution in [3.8, 4) is 0 Å². The zero-order valence-corrected chi connectivity index (χ0v) is 8.19. The second-order valence-electron chi connectivity index (χ2n) is 3.07. The van der Waals surface area contributed by atoms with Crippen LogP contribution in [0.2, 0.25) is 0 Å². The number of fused-ring (bicyclic) bond motifs is 2. The van der Waals surface area contributed by atoms with Crippen molar-refractivity contribution in [2.24, 2.45) is 0 Å². The minimum Gasteiger partial charge on any atom is -0.347 e. The normalized spacial score (nSPS) is 16.3. The highest BCUT2D eigenvalue weighted by atomic mass is 32.2. The van der Waals surface area contributed by atoms with Crippen molar-refractivity contribution in [1.82, 2.24) is 0 Å². The van der Waals surface area contributed by atoms with Crippen LogP contribution in [0.5, 0.6) is 0 Å².